The highest BCUT2D eigenvalue weighted by Gasteiger charge is 2.22. The molecule has 0 aliphatic carbocycles. The predicted octanol–water partition coefficient (Wildman–Crippen LogP) is 2.57. The zero-order chi connectivity index (χ0) is 14.4. The SMILES string of the molecule is CCC1CCCN1CCOc1ccc(CC(=O)O)cc1. The summed E-state index contributed by atoms with van der Waals surface area (Å²) in [5, 5.41) is 8.71. The minimum atomic E-state index is -0.807. The summed E-state index contributed by atoms with van der Waals surface area (Å²) in [4.78, 5) is 13.1. The molecule has 1 aromatic carbocycles. The standard InChI is InChI=1S/C16H23NO3/c1-2-14-4-3-9-17(14)10-11-20-15-7-5-13(6-8-15)12-16(18)19/h5-8,14H,2-4,9-12H2,1H3,(H,18,19). The maximum atomic E-state index is 10.6. The van der Waals surface area contributed by atoms with Crippen LogP contribution in [0.25, 0.3) is 0 Å². The average molecular weight is 277 g/mol. The molecule has 1 aliphatic rings. The van der Waals surface area contributed by atoms with Crippen LogP contribution in [-0.4, -0.2) is 41.7 Å². The van der Waals surface area contributed by atoms with Gasteiger partial charge in [-0.1, -0.05) is 19.1 Å². The van der Waals surface area contributed by atoms with E-state index < -0.39 is 5.97 Å². The maximum Gasteiger partial charge on any atom is 0.307 e. The molecule has 0 bridgehead atoms. The summed E-state index contributed by atoms with van der Waals surface area (Å²) in [6.45, 7) is 5.08. The number of carboxylic acid groups (broad SMARTS) is 1. The van der Waals surface area contributed by atoms with E-state index in [4.69, 9.17) is 9.84 Å². The molecule has 0 aromatic heterocycles. The number of hydrogen-bond donors (Lipinski definition) is 1. The van der Waals surface area contributed by atoms with Crippen molar-refractivity contribution in [1.82, 2.24) is 4.90 Å². The third-order valence-electron chi connectivity index (χ3n) is 3.90. The van der Waals surface area contributed by atoms with Crippen LogP contribution in [0, 0.1) is 0 Å². The van der Waals surface area contributed by atoms with E-state index in [1.807, 2.05) is 24.3 Å². The lowest BCUT2D eigenvalue weighted by Crippen LogP contribution is -2.32. The molecule has 1 N–H and O–H groups in total. The van der Waals surface area contributed by atoms with Gasteiger partial charge in [0.1, 0.15) is 12.4 Å². The third-order valence-corrected chi connectivity index (χ3v) is 3.90. The molecule has 1 heterocycles. The van der Waals surface area contributed by atoms with Gasteiger partial charge in [-0.25, -0.2) is 0 Å². The number of rotatable bonds is 7. The van der Waals surface area contributed by atoms with Crippen LogP contribution in [0.1, 0.15) is 31.7 Å². The number of carbonyl (C=O) groups is 1. The second-order valence-corrected chi connectivity index (χ2v) is 5.30. The topological polar surface area (TPSA) is 49.8 Å². The number of benzene rings is 1. The molecule has 0 spiro atoms. The van der Waals surface area contributed by atoms with Crippen molar-refractivity contribution in [3.05, 3.63) is 29.8 Å². The van der Waals surface area contributed by atoms with Gasteiger partial charge >= 0.3 is 5.97 Å². The number of likely N-dealkylation sites (tertiary alicyclic amines) is 1. The van der Waals surface area contributed by atoms with E-state index in [9.17, 15) is 4.79 Å². The molecule has 1 fully saturated rings. The average Bonchev–Trinajstić information content (AvgIpc) is 2.87. The molecule has 0 radical (unpaired) electrons. The summed E-state index contributed by atoms with van der Waals surface area (Å²) in [7, 11) is 0. The molecular formula is C16H23NO3. The lowest BCUT2D eigenvalue weighted by atomic mass is 10.1. The highest BCUT2D eigenvalue weighted by atomic mass is 16.5. The van der Waals surface area contributed by atoms with Crippen molar-refractivity contribution in [2.24, 2.45) is 0 Å². The Bertz CT molecular complexity index is 430. The molecule has 1 unspecified atom stereocenters. The lowest BCUT2D eigenvalue weighted by Gasteiger charge is -2.23. The Morgan fingerprint density at radius 2 is 2.15 bits per heavy atom. The van der Waals surface area contributed by atoms with Crippen LogP contribution in [-0.2, 0) is 11.2 Å². The van der Waals surface area contributed by atoms with Gasteiger partial charge in [0.15, 0.2) is 0 Å². The van der Waals surface area contributed by atoms with Crippen molar-refractivity contribution in [3.63, 3.8) is 0 Å². The van der Waals surface area contributed by atoms with Gasteiger partial charge in [0, 0.05) is 12.6 Å². The molecule has 4 nitrogen and oxygen atoms in total. The summed E-state index contributed by atoms with van der Waals surface area (Å²) in [5.74, 6) is 0.00435. The molecule has 1 atom stereocenters. The molecule has 1 aromatic rings. The summed E-state index contributed by atoms with van der Waals surface area (Å²) >= 11 is 0. The van der Waals surface area contributed by atoms with Crippen LogP contribution < -0.4 is 4.74 Å². The monoisotopic (exact) mass is 277 g/mol. The van der Waals surface area contributed by atoms with Gasteiger partial charge in [-0.05, 0) is 43.5 Å². The van der Waals surface area contributed by atoms with Crippen LogP contribution in [0.5, 0.6) is 5.75 Å². The first-order valence-corrected chi connectivity index (χ1v) is 7.36. The Labute approximate surface area is 120 Å². The van der Waals surface area contributed by atoms with Crippen molar-refractivity contribution in [2.75, 3.05) is 19.7 Å². The number of carboxylic acids is 1. The molecule has 0 amide bonds. The van der Waals surface area contributed by atoms with Crippen LogP contribution in [0.15, 0.2) is 24.3 Å². The maximum absolute atomic E-state index is 10.6. The highest BCUT2D eigenvalue weighted by Crippen LogP contribution is 2.19. The zero-order valence-corrected chi connectivity index (χ0v) is 12.0. The number of ether oxygens (including phenoxy) is 1. The van der Waals surface area contributed by atoms with Gasteiger partial charge in [0.2, 0.25) is 0 Å². The minimum absolute atomic E-state index is 0.0617. The Morgan fingerprint density at radius 3 is 2.80 bits per heavy atom. The van der Waals surface area contributed by atoms with E-state index in [1.165, 1.54) is 25.8 Å². The Morgan fingerprint density at radius 1 is 1.40 bits per heavy atom. The number of nitrogens with zero attached hydrogens (tertiary/aromatic N) is 1. The number of aliphatic carboxylic acids is 1. The quantitative estimate of drug-likeness (QED) is 0.832. The van der Waals surface area contributed by atoms with Crippen LogP contribution in [0.2, 0.25) is 0 Å². The fourth-order valence-electron chi connectivity index (χ4n) is 2.81. The Balaban J connectivity index is 1.75. The normalized spacial score (nSPS) is 19.1. The second-order valence-electron chi connectivity index (χ2n) is 5.30. The summed E-state index contributed by atoms with van der Waals surface area (Å²) < 4.78 is 5.73. The molecule has 1 saturated heterocycles. The molecule has 0 saturated carbocycles. The summed E-state index contributed by atoms with van der Waals surface area (Å²) in [5.41, 5.74) is 0.801. The van der Waals surface area contributed by atoms with Crippen molar-refractivity contribution in [1.29, 1.82) is 0 Å². The summed E-state index contributed by atoms with van der Waals surface area (Å²) in [6.07, 6.45) is 3.87. The van der Waals surface area contributed by atoms with Crippen LogP contribution in [0.4, 0.5) is 0 Å². The summed E-state index contributed by atoms with van der Waals surface area (Å²) in [6, 6.07) is 8.04. The van der Waals surface area contributed by atoms with Crippen molar-refractivity contribution >= 4 is 5.97 Å². The van der Waals surface area contributed by atoms with Crippen LogP contribution >= 0.6 is 0 Å². The largest absolute Gasteiger partial charge is 0.492 e. The van der Waals surface area contributed by atoms with Crippen molar-refractivity contribution < 1.29 is 14.6 Å². The molecule has 1 aliphatic heterocycles. The van der Waals surface area contributed by atoms with E-state index in [2.05, 4.69) is 11.8 Å². The first kappa shape index (κ1) is 14.9. The molecule has 4 heteroatoms. The number of hydrogen-bond acceptors (Lipinski definition) is 3. The molecule has 20 heavy (non-hydrogen) atoms. The fraction of sp³-hybridized carbons (Fsp3) is 0.562. The first-order chi connectivity index (χ1) is 9.69. The Hall–Kier alpha value is -1.55. The fourth-order valence-corrected chi connectivity index (χ4v) is 2.81. The van der Waals surface area contributed by atoms with Gasteiger partial charge in [-0.2, -0.15) is 0 Å². The van der Waals surface area contributed by atoms with Gasteiger partial charge in [-0.15, -0.1) is 0 Å². The van der Waals surface area contributed by atoms with E-state index >= 15 is 0 Å². The van der Waals surface area contributed by atoms with Crippen LogP contribution in [0.3, 0.4) is 0 Å². The lowest BCUT2D eigenvalue weighted by molar-refractivity contribution is -0.136. The van der Waals surface area contributed by atoms with Gasteiger partial charge in [0.05, 0.1) is 6.42 Å². The highest BCUT2D eigenvalue weighted by molar-refractivity contribution is 5.70. The molecule has 110 valence electrons. The second kappa shape index (κ2) is 7.29. The van der Waals surface area contributed by atoms with E-state index in [0.29, 0.717) is 6.61 Å². The smallest absolute Gasteiger partial charge is 0.307 e. The van der Waals surface area contributed by atoms with Crippen molar-refractivity contribution in [3.8, 4) is 5.75 Å². The van der Waals surface area contributed by atoms with Crippen molar-refractivity contribution in [2.45, 2.75) is 38.6 Å². The molecular weight excluding hydrogens is 254 g/mol. The Kier molecular flexibility index (Phi) is 5.41. The van der Waals surface area contributed by atoms with Gasteiger partial charge in [0.25, 0.3) is 0 Å². The predicted molar refractivity (Wildman–Crippen MR) is 78.2 cm³/mol. The minimum Gasteiger partial charge on any atom is -0.492 e. The van der Waals surface area contributed by atoms with E-state index in [0.717, 1.165) is 23.9 Å². The van der Waals surface area contributed by atoms with Gasteiger partial charge in [-0.3, -0.25) is 9.69 Å². The van der Waals surface area contributed by atoms with E-state index in [-0.39, 0.29) is 6.42 Å². The van der Waals surface area contributed by atoms with E-state index in [1.54, 1.807) is 0 Å². The van der Waals surface area contributed by atoms with Gasteiger partial charge < -0.3 is 9.84 Å². The molecule has 2 rings (SSSR count). The zero-order valence-electron chi connectivity index (χ0n) is 12.0. The first-order valence-electron chi connectivity index (χ1n) is 7.36. The third kappa shape index (κ3) is 4.23.